The second kappa shape index (κ2) is 5.57. The third-order valence-corrected chi connectivity index (χ3v) is 3.14. The molecule has 2 rings (SSSR count). The van der Waals surface area contributed by atoms with Crippen molar-refractivity contribution in [1.29, 1.82) is 0 Å². The predicted molar refractivity (Wildman–Crippen MR) is 73.4 cm³/mol. The molecule has 1 unspecified atom stereocenters. The highest BCUT2D eigenvalue weighted by atomic mass is 16.3. The average molecular weight is 256 g/mol. The van der Waals surface area contributed by atoms with Crippen molar-refractivity contribution in [1.82, 2.24) is 0 Å². The predicted octanol–water partition coefficient (Wildman–Crippen LogP) is 3.21. The zero-order chi connectivity index (χ0) is 13.8. The molecule has 3 nitrogen and oxygen atoms in total. The van der Waals surface area contributed by atoms with Gasteiger partial charge < -0.3 is 10.2 Å². The monoisotopic (exact) mass is 256 g/mol. The molecule has 98 valence electrons. The first kappa shape index (κ1) is 13.1. The minimum atomic E-state index is -0.405. The Labute approximate surface area is 112 Å². The minimum absolute atomic E-state index is 0.0799. The van der Waals surface area contributed by atoms with E-state index >= 15 is 0 Å². The lowest BCUT2D eigenvalue weighted by atomic mass is 9.86. The van der Waals surface area contributed by atoms with Crippen LogP contribution in [0.5, 0.6) is 11.5 Å². The van der Waals surface area contributed by atoms with E-state index in [1.54, 1.807) is 6.07 Å². The Balaban J connectivity index is 2.49. The molecular weight excluding hydrogens is 240 g/mol. The van der Waals surface area contributed by atoms with Crippen molar-refractivity contribution in [2.45, 2.75) is 19.3 Å². The molecule has 2 N–H and O–H groups in total. The lowest BCUT2D eigenvalue weighted by Crippen LogP contribution is -2.12. The molecular formula is C16H16O3. The second-order valence-electron chi connectivity index (χ2n) is 4.41. The number of rotatable bonds is 4. The van der Waals surface area contributed by atoms with Gasteiger partial charge in [0.25, 0.3) is 0 Å². The molecule has 0 aliphatic rings. The van der Waals surface area contributed by atoms with Crippen LogP contribution in [0.15, 0.2) is 48.5 Å². The highest BCUT2D eigenvalue weighted by Crippen LogP contribution is 2.32. The summed E-state index contributed by atoms with van der Waals surface area (Å²) in [5.74, 6) is -0.712. The molecule has 2 aromatic rings. The van der Waals surface area contributed by atoms with Crippen molar-refractivity contribution >= 4 is 5.78 Å². The maximum atomic E-state index is 12.2. The molecule has 0 aliphatic heterocycles. The summed E-state index contributed by atoms with van der Waals surface area (Å²) in [5.41, 5.74) is 1.58. The average Bonchev–Trinajstić information content (AvgIpc) is 2.44. The number of phenolic OH excluding ortho intramolecular Hbond substituents is 2. The van der Waals surface area contributed by atoms with Gasteiger partial charge in [0.2, 0.25) is 0 Å². The number of hydrogen-bond acceptors (Lipinski definition) is 3. The summed E-state index contributed by atoms with van der Waals surface area (Å²) in [7, 11) is 0. The molecule has 0 saturated heterocycles. The standard InChI is InChI=1S/C16H16O3/c1-2-13(17)16(11-6-4-3-5-7-11)12-8-9-14(18)15(19)10-12/h3-10,16,18-19H,2H2,1H3. The summed E-state index contributed by atoms with van der Waals surface area (Å²) in [5, 5.41) is 18.9. The molecule has 0 aliphatic carbocycles. The Kier molecular flexibility index (Phi) is 3.85. The molecule has 2 aromatic carbocycles. The van der Waals surface area contributed by atoms with E-state index < -0.39 is 5.92 Å². The van der Waals surface area contributed by atoms with E-state index in [1.807, 2.05) is 37.3 Å². The Morgan fingerprint density at radius 3 is 2.26 bits per heavy atom. The summed E-state index contributed by atoms with van der Waals surface area (Å²) in [6.07, 6.45) is 0.418. The van der Waals surface area contributed by atoms with Crippen LogP contribution in [0.25, 0.3) is 0 Å². The second-order valence-corrected chi connectivity index (χ2v) is 4.41. The fraction of sp³-hybridized carbons (Fsp3) is 0.188. The van der Waals surface area contributed by atoms with Crippen LogP contribution in [0.2, 0.25) is 0 Å². The van der Waals surface area contributed by atoms with Crippen LogP contribution in [0.3, 0.4) is 0 Å². The molecule has 0 amide bonds. The maximum absolute atomic E-state index is 12.2. The zero-order valence-electron chi connectivity index (χ0n) is 10.7. The van der Waals surface area contributed by atoms with Crippen LogP contribution in [0.4, 0.5) is 0 Å². The van der Waals surface area contributed by atoms with E-state index in [4.69, 9.17) is 0 Å². The summed E-state index contributed by atoms with van der Waals surface area (Å²) >= 11 is 0. The van der Waals surface area contributed by atoms with E-state index in [9.17, 15) is 15.0 Å². The number of hydrogen-bond donors (Lipinski definition) is 2. The highest BCUT2D eigenvalue weighted by molar-refractivity contribution is 5.89. The van der Waals surface area contributed by atoms with Crippen LogP contribution in [-0.2, 0) is 4.79 Å². The number of carbonyl (C=O) groups excluding carboxylic acids is 1. The van der Waals surface area contributed by atoms with Crippen molar-refractivity contribution in [2.24, 2.45) is 0 Å². The number of benzene rings is 2. The molecule has 0 radical (unpaired) electrons. The Morgan fingerprint density at radius 2 is 1.68 bits per heavy atom. The molecule has 0 spiro atoms. The van der Waals surface area contributed by atoms with Crippen molar-refractivity contribution in [3.8, 4) is 11.5 Å². The Bertz CT molecular complexity index is 576. The van der Waals surface area contributed by atoms with Crippen molar-refractivity contribution in [3.05, 3.63) is 59.7 Å². The number of phenols is 2. The van der Waals surface area contributed by atoms with Gasteiger partial charge in [0.15, 0.2) is 11.5 Å². The minimum Gasteiger partial charge on any atom is -0.504 e. The lowest BCUT2D eigenvalue weighted by Gasteiger charge is -2.16. The van der Waals surface area contributed by atoms with Gasteiger partial charge >= 0.3 is 0 Å². The van der Waals surface area contributed by atoms with Gasteiger partial charge in [-0.2, -0.15) is 0 Å². The Hall–Kier alpha value is -2.29. The molecule has 0 fully saturated rings. The van der Waals surface area contributed by atoms with Gasteiger partial charge in [-0.1, -0.05) is 43.3 Å². The first-order chi connectivity index (χ1) is 9.13. The van der Waals surface area contributed by atoms with Gasteiger partial charge in [-0.05, 0) is 23.3 Å². The van der Waals surface area contributed by atoms with Gasteiger partial charge in [-0.25, -0.2) is 0 Å². The molecule has 0 heterocycles. The molecule has 3 heteroatoms. The highest BCUT2D eigenvalue weighted by Gasteiger charge is 2.21. The summed E-state index contributed by atoms with van der Waals surface area (Å²) in [6, 6.07) is 14.0. The smallest absolute Gasteiger partial charge is 0.157 e. The van der Waals surface area contributed by atoms with Crippen LogP contribution >= 0.6 is 0 Å². The zero-order valence-corrected chi connectivity index (χ0v) is 10.7. The normalized spacial score (nSPS) is 12.1. The van der Waals surface area contributed by atoms with E-state index in [1.165, 1.54) is 12.1 Å². The largest absolute Gasteiger partial charge is 0.504 e. The fourth-order valence-corrected chi connectivity index (χ4v) is 2.13. The molecule has 0 bridgehead atoms. The van der Waals surface area contributed by atoms with Crippen LogP contribution in [0, 0.1) is 0 Å². The number of ketones is 1. The molecule has 0 saturated carbocycles. The third kappa shape index (κ3) is 2.76. The van der Waals surface area contributed by atoms with E-state index in [-0.39, 0.29) is 17.3 Å². The van der Waals surface area contributed by atoms with E-state index in [0.717, 1.165) is 5.56 Å². The summed E-state index contributed by atoms with van der Waals surface area (Å²) < 4.78 is 0. The van der Waals surface area contributed by atoms with Gasteiger partial charge in [-0.15, -0.1) is 0 Å². The van der Waals surface area contributed by atoms with Gasteiger partial charge in [0, 0.05) is 6.42 Å². The summed E-state index contributed by atoms with van der Waals surface area (Å²) in [6.45, 7) is 1.82. The van der Waals surface area contributed by atoms with Crippen molar-refractivity contribution in [2.75, 3.05) is 0 Å². The quantitative estimate of drug-likeness (QED) is 0.826. The van der Waals surface area contributed by atoms with Crippen molar-refractivity contribution < 1.29 is 15.0 Å². The van der Waals surface area contributed by atoms with Crippen molar-refractivity contribution in [3.63, 3.8) is 0 Å². The number of Topliss-reactive ketones (excluding diaryl/α,β-unsaturated/α-hetero) is 1. The van der Waals surface area contributed by atoms with Crippen LogP contribution in [0.1, 0.15) is 30.4 Å². The van der Waals surface area contributed by atoms with Crippen LogP contribution in [-0.4, -0.2) is 16.0 Å². The molecule has 19 heavy (non-hydrogen) atoms. The first-order valence-electron chi connectivity index (χ1n) is 6.23. The molecule has 1 atom stereocenters. The number of carbonyl (C=O) groups is 1. The number of aromatic hydroxyl groups is 2. The summed E-state index contributed by atoms with van der Waals surface area (Å²) in [4.78, 5) is 12.2. The topological polar surface area (TPSA) is 57.5 Å². The molecule has 0 aromatic heterocycles. The van der Waals surface area contributed by atoms with Gasteiger partial charge in [-0.3, -0.25) is 4.79 Å². The van der Waals surface area contributed by atoms with Gasteiger partial charge in [0.05, 0.1) is 5.92 Å². The van der Waals surface area contributed by atoms with Gasteiger partial charge in [0.1, 0.15) is 5.78 Å². The fourth-order valence-electron chi connectivity index (χ4n) is 2.13. The first-order valence-corrected chi connectivity index (χ1v) is 6.23. The Morgan fingerprint density at radius 1 is 1.00 bits per heavy atom. The third-order valence-electron chi connectivity index (χ3n) is 3.14. The van der Waals surface area contributed by atoms with Crippen LogP contribution < -0.4 is 0 Å². The van der Waals surface area contributed by atoms with E-state index in [0.29, 0.717) is 12.0 Å². The SMILES string of the molecule is CCC(=O)C(c1ccccc1)c1ccc(O)c(O)c1. The lowest BCUT2D eigenvalue weighted by molar-refractivity contribution is -0.119. The maximum Gasteiger partial charge on any atom is 0.157 e. The van der Waals surface area contributed by atoms with E-state index in [2.05, 4.69) is 0 Å².